The smallest absolute Gasteiger partial charge is 0.0448 e. The van der Waals surface area contributed by atoms with Crippen LogP contribution in [0.2, 0.25) is 0 Å². The van der Waals surface area contributed by atoms with E-state index in [0.717, 1.165) is 18.9 Å². The lowest BCUT2D eigenvalue weighted by atomic mass is 9.84. The SMILES string of the molecule is CCCNC1(CCO)CCN(CC(C)C)CC1. The van der Waals surface area contributed by atoms with Gasteiger partial charge in [0.2, 0.25) is 0 Å². The molecule has 1 aliphatic rings. The Morgan fingerprint density at radius 2 is 1.94 bits per heavy atom. The second kappa shape index (κ2) is 7.34. The summed E-state index contributed by atoms with van der Waals surface area (Å²) < 4.78 is 0. The zero-order chi connectivity index (χ0) is 12.7. The molecule has 17 heavy (non-hydrogen) atoms. The van der Waals surface area contributed by atoms with Gasteiger partial charge in [-0.1, -0.05) is 20.8 Å². The van der Waals surface area contributed by atoms with Gasteiger partial charge >= 0.3 is 0 Å². The van der Waals surface area contributed by atoms with Crippen LogP contribution in [0, 0.1) is 5.92 Å². The molecule has 0 unspecified atom stereocenters. The second-order valence-corrected chi connectivity index (χ2v) is 5.88. The largest absolute Gasteiger partial charge is 0.396 e. The van der Waals surface area contributed by atoms with E-state index < -0.39 is 0 Å². The van der Waals surface area contributed by atoms with Gasteiger partial charge in [0.15, 0.2) is 0 Å². The molecule has 3 heteroatoms. The van der Waals surface area contributed by atoms with Gasteiger partial charge in [0.05, 0.1) is 0 Å². The molecule has 0 radical (unpaired) electrons. The fraction of sp³-hybridized carbons (Fsp3) is 1.00. The van der Waals surface area contributed by atoms with E-state index >= 15 is 0 Å². The minimum atomic E-state index is 0.207. The summed E-state index contributed by atoms with van der Waals surface area (Å²) in [4.78, 5) is 2.56. The van der Waals surface area contributed by atoms with Crippen LogP contribution in [-0.2, 0) is 0 Å². The zero-order valence-electron chi connectivity index (χ0n) is 11.8. The molecule has 1 heterocycles. The minimum Gasteiger partial charge on any atom is -0.396 e. The summed E-state index contributed by atoms with van der Waals surface area (Å²) in [5, 5.41) is 12.9. The normalized spacial score (nSPS) is 21.0. The van der Waals surface area contributed by atoms with Crippen LogP contribution in [0.1, 0.15) is 46.5 Å². The molecule has 2 N–H and O–H groups in total. The second-order valence-electron chi connectivity index (χ2n) is 5.88. The van der Waals surface area contributed by atoms with Crippen LogP contribution < -0.4 is 5.32 Å². The highest BCUT2D eigenvalue weighted by molar-refractivity contribution is 4.93. The number of hydrogen-bond acceptors (Lipinski definition) is 3. The van der Waals surface area contributed by atoms with Crippen molar-refractivity contribution in [3.8, 4) is 0 Å². The molecular formula is C14H30N2O. The Morgan fingerprint density at radius 1 is 1.29 bits per heavy atom. The van der Waals surface area contributed by atoms with E-state index in [4.69, 9.17) is 0 Å². The first-order chi connectivity index (χ1) is 8.12. The van der Waals surface area contributed by atoms with Crippen molar-refractivity contribution in [2.75, 3.05) is 32.8 Å². The highest BCUT2D eigenvalue weighted by Crippen LogP contribution is 2.26. The Kier molecular flexibility index (Phi) is 6.45. The number of hydrogen-bond donors (Lipinski definition) is 2. The maximum atomic E-state index is 9.24. The Morgan fingerprint density at radius 3 is 2.41 bits per heavy atom. The third-order valence-corrected chi connectivity index (χ3v) is 3.78. The van der Waals surface area contributed by atoms with Crippen LogP contribution >= 0.6 is 0 Å². The monoisotopic (exact) mass is 242 g/mol. The summed E-state index contributed by atoms with van der Waals surface area (Å²) in [5.74, 6) is 0.754. The molecular weight excluding hydrogens is 212 g/mol. The molecule has 0 aromatic carbocycles. The molecule has 0 amide bonds. The molecule has 102 valence electrons. The van der Waals surface area contributed by atoms with Crippen molar-refractivity contribution in [2.24, 2.45) is 5.92 Å². The van der Waals surface area contributed by atoms with E-state index in [1.807, 2.05) is 0 Å². The quantitative estimate of drug-likeness (QED) is 0.715. The number of likely N-dealkylation sites (tertiary alicyclic amines) is 1. The van der Waals surface area contributed by atoms with Gasteiger partial charge in [-0.2, -0.15) is 0 Å². The molecule has 3 nitrogen and oxygen atoms in total. The molecule has 1 fully saturated rings. The van der Waals surface area contributed by atoms with Gasteiger partial charge in [-0.3, -0.25) is 0 Å². The van der Waals surface area contributed by atoms with Crippen LogP contribution in [0.15, 0.2) is 0 Å². The molecule has 1 aliphatic heterocycles. The first-order valence-electron chi connectivity index (χ1n) is 7.20. The number of nitrogens with one attached hydrogen (secondary N) is 1. The lowest BCUT2D eigenvalue weighted by Crippen LogP contribution is -2.54. The topological polar surface area (TPSA) is 35.5 Å². The van der Waals surface area contributed by atoms with Crippen LogP contribution in [0.5, 0.6) is 0 Å². The average molecular weight is 242 g/mol. The van der Waals surface area contributed by atoms with Crippen molar-refractivity contribution in [3.63, 3.8) is 0 Å². The van der Waals surface area contributed by atoms with E-state index in [-0.39, 0.29) is 5.54 Å². The lowest BCUT2D eigenvalue weighted by Gasteiger charge is -2.43. The van der Waals surface area contributed by atoms with Crippen LogP contribution in [0.3, 0.4) is 0 Å². The van der Waals surface area contributed by atoms with Gasteiger partial charge in [-0.15, -0.1) is 0 Å². The fourth-order valence-electron chi connectivity index (χ4n) is 2.80. The van der Waals surface area contributed by atoms with Gasteiger partial charge in [0, 0.05) is 18.7 Å². The van der Waals surface area contributed by atoms with Crippen molar-refractivity contribution in [1.29, 1.82) is 0 Å². The van der Waals surface area contributed by atoms with E-state index in [0.29, 0.717) is 6.61 Å². The summed E-state index contributed by atoms with van der Waals surface area (Å²) in [6, 6.07) is 0. The average Bonchev–Trinajstić information content (AvgIpc) is 2.29. The summed E-state index contributed by atoms with van der Waals surface area (Å²) >= 11 is 0. The van der Waals surface area contributed by atoms with Crippen molar-refractivity contribution in [2.45, 2.75) is 52.0 Å². The maximum Gasteiger partial charge on any atom is 0.0448 e. The third-order valence-electron chi connectivity index (χ3n) is 3.78. The van der Waals surface area contributed by atoms with Gasteiger partial charge in [-0.05, 0) is 51.2 Å². The molecule has 0 atom stereocenters. The van der Waals surface area contributed by atoms with Gasteiger partial charge < -0.3 is 15.3 Å². The fourth-order valence-corrected chi connectivity index (χ4v) is 2.80. The van der Waals surface area contributed by atoms with Crippen LogP contribution in [-0.4, -0.2) is 48.3 Å². The van der Waals surface area contributed by atoms with Gasteiger partial charge in [0.25, 0.3) is 0 Å². The summed E-state index contributed by atoms with van der Waals surface area (Å²) in [7, 11) is 0. The minimum absolute atomic E-state index is 0.207. The van der Waals surface area contributed by atoms with Gasteiger partial charge in [0.1, 0.15) is 0 Å². The molecule has 0 spiro atoms. The standard InChI is InChI=1S/C14H30N2O/c1-4-8-15-14(7-11-17)5-9-16(10-6-14)12-13(2)3/h13,15,17H,4-12H2,1-3H3. The molecule has 1 rings (SSSR count). The Labute approximate surface area is 107 Å². The predicted octanol–water partition coefficient (Wildman–Crippen LogP) is 1.86. The lowest BCUT2D eigenvalue weighted by molar-refractivity contribution is 0.101. The Hall–Kier alpha value is -0.120. The van der Waals surface area contributed by atoms with Crippen molar-refractivity contribution in [1.82, 2.24) is 10.2 Å². The molecule has 1 saturated heterocycles. The Bertz CT molecular complexity index is 198. The van der Waals surface area contributed by atoms with Crippen molar-refractivity contribution < 1.29 is 5.11 Å². The van der Waals surface area contributed by atoms with Crippen molar-refractivity contribution in [3.05, 3.63) is 0 Å². The summed E-state index contributed by atoms with van der Waals surface area (Å²) in [5.41, 5.74) is 0.207. The number of aliphatic hydroxyl groups excluding tert-OH is 1. The van der Waals surface area contributed by atoms with E-state index in [1.54, 1.807) is 0 Å². The van der Waals surface area contributed by atoms with Crippen LogP contribution in [0.25, 0.3) is 0 Å². The summed E-state index contributed by atoms with van der Waals surface area (Å²) in [6.07, 6.45) is 4.44. The predicted molar refractivity (Wildman–Crippen MR) is 73.2 cm³/mol. The molecule has 0 saturated carbocycles. The highest BCUT2D eigenvalue weighted by Gasteiger charge is 2.33. The first-order valence-corrected chi connectivity index (χ1v) is 7.20. The van der Waals surface area contributed by atoms with Gasteiger partial charge in [-0.25, -0.2) is 0 Å². The molecule has 0 aromatic rings. The van der Waals surface area contributed by atoms with Crippen molar-refractivity contribution >= 4 is 0 Å². The third kappa shape index (κ3) is 4.94. The number of rotatable bonds is 7. The van der Waals surface area contributed by atoms with E-state index in [2.05, 4.69) is 31.0 Å². The zero-order valence-corrected chi connectivity index (χ0v) is 11.8. The molecule has 0 aliphatic carbocycles. The Balaban J connectivity index is 2.42. The number of aliphatic hydroxyl groups is 1. The van der Waals surface area contributed by atoms with E-state index in [9.17, 15) is 5.11 Å². The number of nitrogens with zero attached hydrogens (tertiary/aromatic N) is 1. The molecule has 0 aromatic heterocycles. The van der Waals surface area contributed by atoms with E-state index in [1.165, 1.54) is 38.9 Å². The maximum absolute atomic E-state index is 9.24. The molecule has 0 bridgehead atoms. The number of piperidine rings is 1. The summed E-state index contributed by atoms with van der Waals surface area (Å²) in [6.45, 7) is 11.7. The highest BCUT2D eigenvalue weighted by atomic mass is 16.3. The first kappa shape index (κ1) is 14.9. The van der Waals surface area contributed by atoms with Crippen LogP contribution in [0.4, 0.5) is 0 Å².